The predicted molar refractivity (Wildman–Crippen MR) is 84.2 cm³/mol. The molecule has 0 fully saturated rings. The number of halogens is 3. The maximum atomic E-state index is 5.62. The summed E-state index contributed by atoms with van der Waals surface area (Å²) in [5.41, 5.74) is 1.17. The summed E-state index contributed by atoms with van der Waals surface area (Å²) < 4.78 is 8.64. The topological polar surface area (TPSA) is 25.2 Å². The van der Waals surface area contributed by atoms with E-state index in [1.54, 1.807) is 0 Å². The molecular weight excluding hydrogens is 461 g/mol. The molecule has 0 saturated carbocycles. The molecule has 1 atom stereocenters. The molecule has 1 N–H and O–H groups in total. The lowest BCUT2D eigenvalue weighted by atomic mass is 10.1. The maximum Gasteiger partial charge on any atom is 0.169 e. The number of benzene rings is 1. The monoisotopic (exact) mass is 469 g/mol. The number of nitrogens with one attached hydrogen (secondary N) is 1. The van der Waals surface area contributed by atoms with Crippen molar-refractivity contribution in [3.05, 3.63) is 54.4 Å². The Morgan fingerprint density at radius 1 is 1.24 bits per heavy atom. The van der Waals surface area contributed by atoms with Gasteiger partial charge in [-0.3, -0.25) is 0 Å². The standard InChI is InChI=1S/C12H10Br2INO/c1-16-12(10-4-5-11(14)17-10)8-6-7(15)2-3-9(8)13/h2-6,12,16H,1H3. The maximum absolute atomic E-state index is 5.62. The molecular formula is C12H10Br2INO. The van der Waals surface area contributed by atoms with E-state index in [2.05, 4.69) is 78.0 Å². The average molecular weight is 471 g/mol. The third kappa shape index (κ3) is 3.13. The van der Waals surface area contributed by atoms with Gasteiger partial charge in [-0.2, -0.15) is 0 Å². The fourth-order valence-corrected chi connectivity index (χ4v) is 2.98. The van der Waals surface area contributed by atoms with Crippen molar-refractivity contribution in [2.75, 3.05) is 7.05 Å². The minimum Gasteiger partial charge on any atom is -0.452 e. The fourth-order valence-electron chi connectivity index (χ4n) is 1.67. The van der Waals surface area contributed by atoms with Gasteiger partial charge in [0.25, 0.3) is 0 Å². The zero-order valence-corrected chi connectivity index (χ0v) is 14.3. The quantitative estimate of drug-likeness (QED) is 0.657. The van der Waals surface area contributed by atoms with Crippen molar-refractivity contribution < 1.29 is 4.42 Å². The number of hydrogen-bond acceptors (Lipinski definition) is 2. The van der Waals surface area contributed by atoms with E-state index >= 15 is 0 Å². The van der Waals surface area contributed by atoms with Gasteiger partial charge in [-0.25, -0.2) is 0 Å². The highest BCUT2D eigenvalue weighted by Crippen LogP contribution is 2.31. The Morgan fingerprint density at radius 3 is 2.59 bits per heavy atom. The first-order valence-electron chi connectivity index (χ1n) is 4.99. The van der Waals surface area contributed by atoms with E-state index in [0.29, 0.717) is 0 Å². The SMILES string of the molecule is CNC(c1ccc(Br)o1)c1cc(I)ccc1Br. The van der Waals surface area contributed by atoms with Crippen LogP contribution in [-0.4, -0.2) is 7.05 Å². The van der Waals surface area contributed by atoms with Crippen LogP contribution in [0.25, 0.3) is 0 Å². The molecule has 2 aromatic rings. The van der Waals surface area contributed by atoms with E-state index in [0.717, 1.165) is 14.9 Å². The molecule has 1 unspecified atom stereocenters. The Morgan fingerprint density at radius 2 is 2.00 bits per heavy atom. The summed E-state index contributed by atoms with van der Waals surface area (Å²) in [6.07, 6.45) is 0. The van der Waals surface area contributed by atoms with Crippen LogP contribution in [0.1, 0.15) is 17.4 Å². The summed E-state index contributed by atoms with van der Waals surface area (Å²) in [5.74, 6) is 0.891. The number of furan rings is 1. The van der Waals surface area contributed by atoms with Gasteiger partial charge in [-0.1, -0.05) is 15.9 Å². The molecule has 17 heavy (non-hydrogen) atoms. The van der Waals surface area contributed by atoms with E-state index in [1.807, 2.05) is 19.2 Å². The second-order valence-corrected chi connectivity index (χ2v) is 6.41. The third-order valence-electron chi connectivity index (χ3n) is 2.44. The molecule has 0 amide bonds. The molecule has 1 heterocycles. The molecule has 2 nitrogen and oxygen atoms in total. The summed E-state index contributed by atoms with van der Waals surface area (Å²) >= 11 is 9.21. The highest BCUT2D eigenvalue weighted by Gasteiger charge is 2.18. The van der Waals surface area contributed by atoms with Crippen LogP contribution in [-0.2, 0) is 0 Å². The minimum absolute atomic E-state index is 0.0467. The van der Waals surface area contributed by atoms with Gasteiger partial charge in [0.05, 0.1) is 6.04 Å². The molecule has 90 valence electrons. The van der Waals surface area contributed by atoms with Gasteiger partial charge in [-0.15, -0.1) is 0 Å². The van der Waals surface area contributed by atoms with E-state index < -0.39 is 0 Å². The van der Waals surface area contributed by atoms with Crippen LogP contribution >= 0.6 is 54.5 Å². The Labute approximate surface area is 131 Å². The van der Waals surface area contributed by atoms with Gasteiger partial charge in [0.2, 0.25) is 0 Å². The molecule has 1 aromatic heterocycles. The van der Waals surface area contributed by atoms with Crippen LogP contribution in [0.2, 0.25) is 0 Å². The van der Waals surface area contributed by atoms with Crippen LogP contribution in [0, 0.1) is 3.57 Å². The van der Waals surface area contributed by atoms with Crippen molar-refractivity contribution in [3.8, 4) is 0 Å². The van der Waals surface area contributed by atoms with Crippen LogP contribution in [0.3, 0.4) is 0 Å². The molecule has 5 heteroatoms. The van der Waals surface area contributed by atoms with Gasteiger partial charge in [0.1, 0.15) is 5.76 Å². The molecule has 0 aliphatic heterocycles. The molecule has 0 radical (unpaired) electrons. The molecule has 0 aliphatic carbocycles. The first-order valence-corrected chi connectivity index (χ1v) is 7.65. The Balaban J connectivity index is 2.45. The number of hydrogen-bond donors (Lipinski definition) is 1. The molecule has 0 aliphatic rings. The first kappa shape index (κ1) is 13.6. The lowest BCUT2D eigenvalue weighted by Crippen LogP contribution is -2.17. The van der Waals surface area contributed by atoms with E-state index in [4.69, 9.17) is 4.42 Å². The van der Waals surface area contributed by atoms with Crippen molar-refractivity contribution in [3.63, 3.8) is 0 Å². The van der Waals surface area contributed by atoms with Crippen molar-refractivity contribution in [1.29, 1.82) is 0 Å². The molecule has 0 spiro atoms. The van der Waals surface area contributed by atoms with Crippen molar-refractivity contribution >= 4 is 54.5 Å². The van der Waals surface area contributed by atoms with Crippen LogP contribution in [0.4, 0.5) is 0 Å². The summed E-state index contributed by atoms with van der Waals surface area (Å²) in [5, 5.41) is 3.27. The summed E-state index contributed by atoms with van der Waals surface area (Å²) in [6.45, 7) is 0. The molecule has 2 rings (SSSR count). The smallest absolute Gasteiger partial charge is 0.169 e. The minimum atomic E-state index is 0.0467. The molecule has 0 saturated heterocycles. The van der Waals surface area contributed by atoms with E-state index in [9.17, 15) is 0 Å². The zero-order chi connectivity index (χ0) is 12.4. The van der Waals surface area contributed by atoms with E-state index in [-0.39, 0.29) is 6.04 Å². The fraction of sp³-hybridized carbons (Fsp3) is 0.167. The van der Waals surface area contributed by atoms with Gasteiger partial charge < -0.3 is 9.73 Å². The summed E-state index contributed by atoms with van der Waals surface area (Å²) in [4.78, 5) is 0. The van der Waals surface area contributed by atoms with E-state index in [1.165, 1.54) is 9.13 Å². The van der Waals surface area contributed by atoms with Crippen LogP contribution in [0.5, 0.6) is 0 Å². The van der Waals surface area contributed by atoms with Crippen LogP contribution in [0.15, 0.2) is 43.9 Å². The molecule has 0 bridgehead atoms. The lowest BCUT2D eigenvalue weighted by Gasteiger charge is -2.16. The highest BCUT2D eigenvalue weighted by atomic mass is 127. The van der Waals surface area contributed by atoms with Crippen molar-refractivity contribution in [2.24, 2.45) is 0 Å². The van der Waals surface area contributed by atoms with Crippen LogP contribution < -0.4 is 5.32 Å². The first-order chi connectivity index (χ1) is 8.11. The molecule has 1 aromatic carbocycles. The summed E-state index contributed by atoms with van der Waals surface area (Å²) in [7, 11) is 1.92. The lowest BCUT2D eigenvalue weighted by molar-refractivity contribution is 0.446. The van der Waals surface area contributed by atoms with Crippen molar-refractivity contribution in [2.45, 2.75) is 6.04 Å². The normalized spacial score (nSPS) is 12.7. The Kier molecular flexibility index (Phi) is 4.68. The average Bonchev–Trinajstić information content (AvgIpc) is 2.71. The second kappa shape index (κ2) is 5.86. The van der Waals surface area contributed by atoms with Gasteiger partial charge in [0.15, 0.2) is 4.67 Å². The van der Waals surface area contributed by atoms with Crippen molar-refractivity contribution in [1.82, 2.24) is 5.32 Å². The summed E-state index contributed by atoms with van der Waals surface area (Å²) in [6, 6.07) is 10.2. The van der Waals surface area contributed by atoms with Gasteiger partial charge in [0, 0.05) is 8.04 Å². The number of rotatable bonds is 3. The second-order valence-electron chi connectivity index (χ2n) is 3.53. The Hall–Kier alpha value is 0.150. The van der Waals surface area contributed by atoms with Gasteiger partial charge >= 0.3 is 0 Å². The Bertz CT molecular complexity index is 527. The highest BCUT2D eigenvalue weighted by molar-refractivity contribution is 14.1. The third-order valence-corrected chi connectivity index (χ3v) is 4.26. The largest absolute Gasteiger partial charge is 0.452 e. The van der Waals surface area contributed by atoms with Gasteiger partial charge in [-0.05, 0) is 81.5 Å². The zero-order valence-electron chi connectivity index (χ0n) is 9.01. The predicted octanol–water partition coefficient (Wildman–Crippen LogP) is 4.72.